The van der Waals surface area contributed by atoms with Crippen LogP contribution in [-0.4, -0.2) is 15.8 Å². The van der Waals surface area contributed by atoms with E-state index < -0.39 is 17.4 Å². The zero-order chi connectivity index (χ0) is 18.3. The second-order valence-electron chi connectivity index (χ2n) is 5.82. The molecule has 128 valence electrons. The lowest BCUT2D eigenvalue weighted by Gasteiger charge is -2.08. The molecule has 0 spiro atoms. The highest BCUT2D eigenvalue weighted by Crippen LogP contribution is 2.20. The highest BCUT2D eigenvalue weighted by molar-refractivity contribution is 6.01. The van der Waals surface area contributed by atoms with Gasteiger partial charge in [0.1, 0.15) is 5.92 Å². The SMILES string of the molecule is N#CC(Cc1ccc2[nH]c(=O)oc2c1)C(=O)c1ccc2[nH]c(=O)oc2c1. The van der Waals surface area contributed by atoms with E-state index in [2.05, 4.69) is 9.97 Å². The summed E-state index contributed by atoms with van der Waals surface area (Å²) in [6, 6.07) is 11.5. The number of nitrogens with zero attached hydrogens (tertiary/aromatic N) is 1. The number of hydrogen-bond donors (Lipinski definition) is 2. The molecule has 0 radical (unpaired) electrons. The van der Waals surface area contributed by atoms with Gasteiger partial charge < -0.3 is 8.83 Å². The van der Waals surface area contributed by atoms with Crippen LogP contribution in [-0.2, 0) is 6.42 Å². The van der Waals surface area contributed by atoms with Crippen molar-refractivity contribution in [2.24, 2.45) is 5.92 Å². The number of aromatic amines is 2. The molecule has 2 aromatic carbocycles. The number of fused-ring (bicyclic) bond motifs is 2. The number of nitriles is 1. The number of carbonyl (C=O) groups excluding carboxylic acids is 1. The van der Waals surface area contributed by atoms with Gasteiger partial charge in [0.05, 0.1) is 17.1 Å². The third-order valence-corrected chi connectivity index (χ3v) is 4.10. The number of nitrogens with one attached hydrogen (secondary N) is 2. The van der Waals surface area contributed by atoms with Crippen molar-refractivity contribution < 1.29 is 13.6 Å². The van der Waals surface area contributed by atoms with Crippen molar-refractivity contribution in [1.82, 2.24) is 9.97 Å². The molecular formula is C18H11N3O5. The lowest BCUT2D eigenvalue weighted by Crippen LogP contribution is -2.15. The quantitative estimate of drug-likeness (QED) is 0.542. The summed E-state index contributed by atoms with van der Waals surface area (Å²) in [5.74, 6) is -2.48. The molecule has 0 saturated heterocycles. The Morgan fingerprint density at radius 2 is 1.62 bits per heavy atom. The molecule has 2 aromatic heterocycles. The minimum Gasteiger partial charge on any atom is -0.408 e. The lowest BCUT2D eigenvalue weighted by atomic mass is 9.92. The van der Waals surface area contributed by atoms with Gasteiger partial charge in [0.2, 0.25) is 0 Å². The highest BCUT2D eigenvalue weighted by Gasteiger charge is 2.21. The molecular weight excluding hydrogens is 338 g/mol. The molecule has 4 rings (SSSR count). The number of H-pyrrole nitrogens is 2. The number of Topliss-reactive ketones (excluding diaryl/α,β-unsaturated/α-hetero) is 1. The first-order valence-corrected chi connectivity index (χ1v) is 7.72. The molecule has 1 unspecified atom stereocenters. The minimum atomic E-state index is -0.929. The molecule has 2 heterocycles. The van der Waals surface area contributed by atoms with Crippen LogP contribution in [0.2, 0.25) is 0 Å². The topological polar surface area (TPSA) is 133 Å². The second kappa shape index (κ2) is 5.89. The maximum Gasteiger partial charge on any atom is 0.417 e. The molecule has 0 fully saturated rings. The third kappa shape index (κ3) is 2.71. The van der Waals surface area contributed by atoms with E-state index in [0.29, 0.717) is 22.2 Å². The van der Waals surface area contributed by atoms with Gasteiger partial charge >= 0.3 is 11.5 Å². The average molecular weight is 349 g/mol. The van der Waals surface area contributed by atoms with Gasteiger partial charge in [-0.15, -0.1) is 0 Å². The summed E-state index contributed by atoms with van der Waals surface area (Å²) in [5.41, 5.74) is 2.62. The summed E-state index contributed by atoms with van der Waals surface area (Å²) in [4.78, 5) is 40.1. The van der Waals surface area contributed by atoms with Crippen molar-refractivity contribution in [3.05, 3.63) is 68.6 Å². The maximum absolute atomic E-state index is 12.7. The first-order chi connectivity index (χ1) is 12.5. The molecule has 8 nitrogen and oxygen atoms in total. The van der Waals surface area contributed by atoms with Crippen molar-refractivity contribution in [2.45, 2.75) is 6.42 Å². The van der Waals surface area contributed by atoms with Crippen LogP contribution in [0, 0.1) is 17.2 Å². The molecule has 4 aromatic rings. The van der Waals surface area contributed by atoms with Crippen LogP contribution in [0.1, 0.15) is 15.9 Å². The van der Waals surface area contributed by atoms with Crippen LogP contribution in [0.25, 0.3) is 22.2 Å². The number of aromatic nitrogens is 2. The lowest BCUT2D eigenvalue weighted by molar-refractivity contribution is 0.0948. The van der Waals surface area contributed by atoms with Gasteiger partial charge in [-0.3, -0.25) is 14.8 Å². The number of ketones is 1. The first kappa shape index (κ1) is 15.7. The predicted octanol–water partition coefficient (Wildman–Crippen LogP) is 2.12. The maximum atomic E-state index is 12.7. The predicted molar refractivity (Wildman–Crippen MR) is 90.8 cm³/mol. The summed E-state index contributed by atoms with van der Waals surface area (Å²) in [6.07, 6.45) is 0.162. The smallest absolute Gasteiger partial charge is 0.408 e. The van der Waals surface area contributed by atoms with Gasteiger partial charge in [-0.1, -0.05) is 6.07 Å². The zero-order valence-electron chi connectivity index (χ0n) is 13.2. The molecule has 0 bridgehead atoms. The minimum absolute atomic E-state index is 0.162. The van der Waals surface area contributed by atoms with Crippen LogP contribution < -0.4 is 11.5 Å². The van der Waals surface area contributed by atoms with Crippen LogP contribution in [0.5, 0.6) is 0 Å². The van der Waals surface area contributed by atoms with Gasteiger partial charge in [0.25, 0.3) is 0 Å². The number of rotatable bonds is 4. The van der Waals surface area contributed by atoms with Crippen LogP contribution >= 0.6 is 0 Å². The third-order valence-electron chi connectivity index (χ3n) is 4.10. The molecule has 0 aliphatic rings. The Kier molecular flexibility index (Phi) is 3.55. The van der Waals surface area contributed by atoms with E-state index in [9.17, 15) is 19.6 Å². The van der Waals surface area contributed by atoms with E-state index in [-0.39, 0.29) is 23.4 Å². The van der Waals surface area contributed by atoms with Crippen molar-refractivity contribution in [3.8, 4) is 6.07 Å². The molecule has 0 aliphatic heterocycles. The van der Waals surface area contributed by atoms with E-state index in [0.717, 1.165) is 0 Å². The molecule has 26 heavy (non-hydrogen) atoms. The van der Waals surface area contributed by atoms with Crippen LogP contribution in [0.15, 0.2) is 54.8 Å². The van der Waals surface area contributed by atoms with Crippen molar-refractivity contribution >= 4 is 28.0 Å². The van der Waals surface area contributed by atoms with Crippen molar-refractivity contribution in [1.29, 1.82) is 5.26 Å². The Bertz CT molecular complexity index is 1300. The fraction of sp³-hybridized carbons (Fsp3) is 0.111. The molecule has 0 aliphatic carbocycles. The largest absolute Gasteiger partial charge is 0.417 e. The summed E-state index contributed by atoms with van der Waals surface area (Å²) in [5, 5.41) is 9.42. The second-order valence-corrected chi connectivity index (χ2v) is 5.82. The first-order valence-electron chi connectivity index (χ1n) is 7.72. The van der Waals surface area contributed by atoms with Gasteiger partial charge in [0.15, 0.2) is 16.9 Å². The number of benzene rings is 2. The van der Waals surface area contributed by atoms with Gasteiger partial charge in [-0.05, 0) is 42.3 Å². The van der Waals surface area contributed by atoms with Gasteiger partial charge in [-0.2, -0.15) is 5.26 Å². The molecule has 8 heteroatoms. The summed E-state index contributed by atoms with van der Waals surface area (Å²) < 4.78 is 9.94. The summed E-state index contributed by atoms with van der Waals surface area (Å²) in [7, 11) is 0. The normalized spacial score (nSPS) is 12.3. The molecule has 0 saturated carbocycles. The number of oxazole rings is 2. The van der Waals surface area contributed by atoms with Gasteiger partial charge in [-0.25, -0.2) is 9.59 Å². The van der Waals surface area contributed by atoms with Crippen molar-refractivity contribution in [3.63, 3.8) is 0 Å². The van der Waals surface area contributed by atoms with Crippen molar-refractivity contribution in [2.75, 3.05) is 0 Å². The van der Waals surface area contributed by atoms with E-state index >= 15 is 0 Å². The zero-order valence-corrected chi connectivity index (χ0v) is 13.2. The van der Waals surface area contributed by atoms with Crippen LogP contribution in [0.3, 0.4) is 0 Å². The van der Waals surface area contributed by atoms with Gasteiger partial charge in [0, 0.05) is 5.56 Å². The van der Waals surface area contributed by atoms with E-state index in [4.69, 9.17) is 8.83 Å². The standard InChI is InChI=1S/C18H11N3O5/c19-8-11(5-9-1-3-12-14(6-9)25-17(23)20-12)16(22)10-2-4-13-15(7-10)26-18(24)21-13/h1-4,6-7,11H,5H2,(H,20,23)(H,21,24). The Balaban J connectivity index is 1.64. The van der Waals surface area contributed by atoms with Crippen LogP contribution in [0.4, 0.5) is 0 Å². The fourth-order valence-electron chi connectivity index (χ4n) is 2.85. The summed E-state index contributed by atoms with van der Waals surface area (Å²) in [6.45, 7) is 0. The molecule has 0 amide bonds. The van der Waals surface area contributed by atoms with E-state index in [1.165, 1.54) is 12.1 Å². The fourth-order valence-corrected chi connectivity index (χ4v) is 2.85. The number of hydrogen-bond acceptors (Lipinski definition) is 6. The van der Waals surface area contributed by atoms with E-state index in [1.807, 2.05) is 6.07 Å². The monoisotopic (exact) mass is 349 g/mol. The Morgan fingerprint density at radius 1 is 1.00 bits per heavy atom. The number of carbonyl (C=O) groups is 1. The summed E-state index contributed by atoms with van der Waals surface area (Å²) >= 11 is 0. The Hall–Kier alpha value is -3.86. The molecule has 2 N–H and O–H groups in total. The highest BCUT2D eigenvalue weighted by atomic mass is 16.4. The Labute approximate surface area is 144 Å². The average Bonchev–Trinajstić information content (AvgIpc) is 3.18. The molecule has 1 atom stereocenters. The Morgan fingerprint density at radius 3 is 2.27 bits per heavy atom. The van der Waals surface area contributed by atoms with E-state index in [1.54, 1.807) is 24.3 Å².